The van der Waals surface area contributed by atoms with Crippen molar-refractivity contribution in [3.63, 3.8) is 0 Å². The van der Waals surface area contributed by atoms with Crippen molar-refractivity contribution >= 4 is 8.32 Å². The number of allylic oxidation sites excluding steroid dienone is 9. The van der Waals surface area contributed by atoms with Gasteiger partial charge in [0.15, 0.2) is 8.32 Å². The highest BCUT2D eigenvalue weighted by molar-refractivity contribution is 6.74. The van der Waals surface area contributed by atoms with Gasteiger partial charge in [-0.2, -0.15) is 0 Å². The second-order valence-corrected chi connectivity index (χ2v) is 15.4. The van der Waals surface area contributed by atoms with Crippen LogP contribution < -0.4 is 0 Å². The maximum absolute atomic E-state index is 6.22. The third-order valence-electron chi connectivity index (χ3n) is 6.51. The first-order valence-corrected chi connectivity index (χ1v) is 13.7. The molecule has 1 unspecified atom stereocenters. The van der Waals surface area contributed by atoms with Gasteiger partial charge < -0.3 is 4.43 Å². The lowest BCUT2D eigenvalue weighted by Crippen LogP contribution is -2.40. The van der Waals surface area contributed by atoms with Crippen molar-refractivity contribution in [1.29, 1.82) is 0 Å². The molecule has 0 aromatic carbocycles. The van der Waals surface area contributed by atoms with Gasteiger partial charge in [0, 0.05) is 5.92 Å². The summed E-state index contributed by atoms with van der Waals surface area (Å²) < 4.78 is 6.22. The summed E-state index contributed by atoms with van der Waals surface area (Å²) in [6.45, 7) is 23.5. The van der Waals surface area contributed by atoms with Crippen LogP contribution in [0, 0.1) is 11.3 Å². The van der Waals surface area contributed by atoms with Crippen LogP contribution in [0.2, 0.25) is 18.1 Å². The average Bonchev–Trinajstić information content (AvgIpc) is 2.52. The van der Waals surface area contributed by atoms with Gasteiger partial charge in [-0.1, -0.05) is 93.9 Å². The van der Waals surface area contributed by atoms with Crippen molar-refractivity contribution in [2.45, 2.75) is 86.4 Å². The van der Waals surface area contributed by atoms with E-state index >= 15 is 0 Å². The Morgan fingerprint density at radius 1 is 1.18 bits per heavy atom. The van der Waals surface area contributed by atoms with Crippen molar-refractivity contribution in [1.82, 2.24) is 0 Å². The highest BCUT2D eigenvalue weighted by Crippen LogP contribution is 2.41. The lowest BCUT2D eigenvalue weighted by Gasteiger charge is -2.36. The molecule has 28 heavy (non-hydrogen) atoms. The van der Waals surface area contributed by atoms with Crippen molar-refractivity contribution in [2.24, 2.45) is 11.3 Å². The summed E-state index contributed by atoms with van der Waals surface area (Å²) in [6, 6.07) is 0. The van der Waals surface area contributed by atoms with E-state index in [9.17, 15) is 0 Å². The van der Waals surface area contributed by atoms with Gasteiger partial charge in [-0.25, -0.2) is 0 Å². The summed E-state index contributed by atoms with van der Waals surface area (Å²) in [5.74, 6) is 0.544. The predicted molar refractivity (Wildman–Crippen MR) is 129 cm³/mol. The van der Waals surface area contributed by atoms with E-state index in [2.05, 4.69) is 111 Å². The summed E-state index contributed by atoms with van der Waals surface area (Å²) in [7, 11) is -1.66. The second-order valence-electron chi connectivity index (χ2n) is 10.6. The average molecular weight is 401 g/mol. The van der Waals surface area contributed by atoms with E-state index in [1.165, 1.54) is 29.6 Å². The molecule has 0 radical (unpaired) electrons. The molecule has 1 atom stereocenters. The van der Waals surface area contributed by atoms with Crippen molar-refractivity contribution < 1.29 is 4.43 Å². The van der Waals surface area contributed by atoms with Crippen LogP contribution in [0.5, 0.6) is 0 Å². The van der Waals surface area contributed by atoms with E-state index in [1.807, 2.05) is 0 Å². The van der Waals surface area contributed by atoms with Gasteiger partial charge in [-0.05, 0) is 57.2 Å². The smallest absolute Gasteiger partial charge is 0.192 e. The molecule has 158 valence electrons. The summed E-state index contributed by atoms with van der Waals surface area (Å²) >= 11 is 0. The molecule has 0 fully saturated rings. The summed E-state index contributed by atoms with van der Waals surface area (Å²) in [4.78, 5) is 0. The van der Waals surface area contributed by atoms with Gasteiger partial charge >= 0.3 is 0 Å². The van der Waals surface area contributed by atoms with E-state index in [0.717, 1.165) is 0 Å². The highest BCUT2D eigenvalue weighted by Gasteiger charge is 2.36. The monoisotopic (exact) mass is 400 g/mol. The summed E-state index contributed by atoms with van der Waals surface area (Å²) in [5.41, 5.74) is 4.40. The van der Waals surface area contributed by atoms with E-state index in [0.29, 0.717) is 17.9 Å². The van der Waals surface area contributed by atoms with Crippen LogP contribution in [0.15, 0.2) is 59.3 Å². The van der Waals surface area contributed by atoms with Gasteiger partial charge in [0.1, 0.15) is 0 Å². The Morgan fingerprint density at radius 3 is 2.39 bits per heavy atom. The number of hydrogen-bond donors (Lipinski definition) is 0. The zero-order valence-electron chi connectivity index (χ0n) is 20.1. The van der Waals surface area contributed by atoms with Crippen molar-refractivity contribution in [3.05, 3.63) is 59.3 Å². The number of rotatable bonds is 7. The molecule has 0 aliphatic heterocycles. The normalized spacial score (nSPS) is 22.2. The van der Waals surface area contributed by atoms with Crippen LogP contribution in [0.3, 0.4) is 0 Å². The Hall–Kier alpha value is -1.12. The van der Waals surface area contributed by atoms with Crippen molar-refractivity contribution in [2.75, 3.05) is 6.61 Å². The van der Waals surface area contributed by atoms with Crippen molar-refractivity contribution in [3.8, 4) is 0 Å². The first-order chi connectivity index (χ1) is 12.8. The minimum atomic E-state index is -1.66. The van der Waals surface area contributed by atoms with E-state index in [-0.39, 0.29) is 5.04 Å². The maximum atomic E-state index is 6.22. The standard InChI is InChI=1S/C26H44OSi/c1-21(16-17-24-23(3)15-12-19-26(24,7)8)13-11-14-22(2)18-20-27-28(9,10)25(4,5)6/h11,13-18,24H,12,19-20H2,1-10H3/b14-11+,17-16+,21-13-,22-18+. The molecule has 1 nitrogen and oxygen atoms in total. The van der Waals surface area contributed by atoms with Crippen LogP contribution in [0.1, 0.15) is 68.2 Å². The van der Waals surface area contributed by atoms with Gasteiger partial charge in [-0.3, -0.25) is 0 Å². The van der Waals surface area contributed by atoms with E-state index in [1.54, 1.807) is 0 Å². The van der Waals surface area contributed by atoms with Crippen LogP contribution in [0.4, 0.5) is 0 Å². The molecule has 0 aromatic rings. The molecule has 0 bridgehead atoms. The molecule has 0 saturated heterocycles. The quantitative estimate of drug-likeness (QED) is 0.237. The first-order valence-electron chi connectivity index (χ1n) is 10.8. The SMILES string of the molecule is CC1=CCCC(C)(C)C1/C=C/C(C)=C\C=C\C(C)=C\CO[Si](C)(C)C(C)(C)C. The lowest BCUT2D eigenvalue weighted by molar-refractivity contribution is 0.255. The Kier molecular flexibility index (Phi) is 8.96. The Labute approximate surface area is 176 Å². The molecule has 1 aliphatic carbocycles. The van der Waals surface area contributed by atoms with Gasteiger partial charge in [0.2, 0.25) is 0 Å². The molecule has 0 aromatic heterocycles. The summed E-state index contributed by atoms with van der Waals surface area (Å²) in [5, 5.41) is 0.261. The minimum Gasteiger partial charge on any atom is -0.413 e. The number of hydrogen-bond acceptors (Lipinski definition) is 1. The lowest BCUT2D eigenvalue weighted by atomic mass is 9.68. The molecular weight excluding hydrogens is 356 g/mol. The fraction of sp³-hybridized carbons (Fsp3) is 0.615. The topological polar surface area (TPSA) is 9.23 Å². The Morgan fingerprint density at radius 2 is 1.82 bits per heavy atom. The second kappa shape index (κ2) is 10.1. The summed E-state index contributed by atoms with van der Waals surface area (Å²) in [6.07, 6.45) is 18.2. The third kappa shape index (κ3) is 7.71. The largest absolute Gasteiger partial charge is 0.413 e. The first kappa shape index (κ1) is 24.9. The van der Waals surface area contributed by atoms with Crippen LogP contribution in [-0.2, 0) is 4.43 Å². The fourth-order valence-electron chi connectivity index (χ4n) is 3.30. The third-order valence-corrected chi connectivity index (χ3v) is 11.0. The maximum Gasteiger partial charge on any atom is 0.192 e. The fourth-order valence-corrected chi connectivity index (χ4v) is 4.24. The molecule has 0 N–H and O–H groups in total. The van der Waals surface area contributed by atoms with E-state index in [4.69, 9.17) is 4.43 Å². The minimum absolute atomic E-state index is 0.261. The Bertz CT molecular complexity index is 663. The van der Waals surface area contributed by atoms with Crippen LogP contribution in [0.25, 0.3) is 0 Å². The van der Waals surface area contributed by atoms with Crippen LogP contribution >= 0.6 is 0 Å². The zero-order chi connectivity index (χ0) is 21.6. The van der Waals surface area contributed by atoms with Gasteiger partial charge in [0.05, 0.1) is 6.61 Å². The van der Waals surface area contributed by atoms with E-state index < -0.39 is 8.32 Å². The molecule has 2 heteroatoms. The molecule has 0 saturated carbocycles. The Balaban J connectivity index is 2.63. The zero-order valence-corrected chi connectivity index (χ0v) is 21.1. The predicted octanol–water partition coefficient (Wildman–Crippen LogP) is 8.40. The molecular formula is C26H44OSi. The molecule has 0 spiro atoms. The highest BCUT2D eigenvalue weighted by atomic mass is 28.4. The van der Waals surface area contributed by atoms with Gasteiger partial charge in [0.25, 0.3) is 0 Å². The molecule has 1 aliphatic rings. The van der Waals surface area contributed by atoms with Gasteiger partial charge in [-0.15, -0.1) is 0 Å². The molecule has 0 amide bonds. The molecule has 0 heterocycles. The van der Waals surface area contributed by atoms with Crippen LogP contribution in [-0.4, -0.2) is 14.9 Å². The molecule has 1 rings (SSSR count).